The summed E-state index contributed by atoms with van der Waals surface area (Å²) >= 11 is 3.46. The molecule has 0 aromatic heterocycles. The van der Waals surface area contributed by atoms with Gasteiger partial charge < -0.3 is 15.2 Å². The average Bonchev–Trinajstić information content (AvgIpc) is 2.54. The van der Waals surface area contributed by atoms with Gasteiger partial charge in [0.05, 0.1) is 12.0 Å². The van der Waals surface area contributed by atoms with Gasteiger partial charge in [-0.15, -0.1) is 0 Å². The zero-order valence-electron chi connectivity index (χ0n) is 13.2. The molecule has 0 spiro atoms. The monoisotopic (exact) mass is 383 g/mol. The molecule has 0 aliphatic heterocycles. The van der Waals surface area contributed by atoms with Gasteiger partial charge in [-0.3, -0.25) is 4.79 Å². The van der Waals surface area contributed by atoms with E-state index in [2.05, 4.69) is 21.2 Å². The van der Waals surface area contributed by atoms with E-state index >= 15 is 0 Å². The highest BCUT2D eigenvalue weighted by molar-refractivity contribution is 9.10. The molecule has 0 heterocycles. The molecule has 2 N–H and O–H groups in total. The van der Waals surface area contributed by atoms with Gasteiger partial charge >= 0.3 is 5.97 Å². The van der Waals surface area contributed by atoms with Crippen molar-refractivity contribution in [2.45, 2.75) is 43.6 Å². The van der Waals surface area contributed by atoms with Crippen LogP contribution in [0.3, 0.4) is 0 Å². The molecule has 1 aliphatic rings. The summed E-state index contributed by atoms with van der Waals surface area (Å²) < 4.78 is 5.82. The summed E-state index contributed by atoms with van der Waals surface area (Å²) in [5.74, 6) is -1.31. The smallest absolute Gasteiger partial charge is 0.328 e. The van der Waals surface area contributed by atoms with Crippen molar-refractivity contribution in [3.05, 3.63) is 34.3 Å². The number of rotatable bonds is 6. The molecule has 1 atom stereocenters. The minimum atomic E-state index is -1.08. The molecule has 1 amide bonds. The number of halogens is 1. The molecule has 1 saturated carbocycles. The summed E-state index contributed by atoms with van der Waals surface area (Å²) in [5.41, 5.74) is 0.273. The molecule has 0 radical (unpaired) electrons. The Morgan fingerprint density at radius 2 is 2.04 bits per heavy atom. The number of hydrogen-bond donors (Lipinski definition) is 2. The molecule has 23 heavy (non-hydrogen) atoms. The molecular formula is C17H22BrNO4. The normalized spacial score (nSPS) is 18.2. The third-order valence-electron chi connectivity index (χ3n) is 4.46. The zero-order chi connectivity index (χ0) is 16.9. The molecule has 0 bridgehead atoms. The Balaban J connectivity index is 2.30. The van der Waals surface area contributed by atoms with Crippen molar-refractivity contribution in [2.24, 2.45) is 0 Å². The van der Waals surface area contributed by atoms with E-state index < -0.39 is 17.4 Å². The number of carbonyl (C=O) groups excluding carboxylic acids is 1. The van der Waals surface area contributed by atoms with Crippen LogP contribution in [0, 0.1) is 0 Å². The molecule has 126 valence electrons. The van der Waals surface area contributed by atoms with E-state index in [1.54, 1.807) is 0 Å². The fraction of sp³-hybridized carbons (Fsp3) is 0.529. The fourth-order valence-corrected chi connectivity index (χ4v) is 3.63. The zero-order valence-corrected chi connectivity index (χ0v) is 14.8. The molecule has 2 rings (SSSR count). The van der Waals surface area contributed by atoms with Crippen LogP contribution in [0.1, 0.15) is 37.7 Å². The van der Waals surface area contributed by atoms with E-state index in [1.807, 2.05) is 24.3 Å². The Hall–Kier alpha value is -1.40. The van der Waals surface area contributed by atoms with Crippen LogP contribution in [-0.2, 0) is 19.7 Å². The predicted molar refractivity (Wildman–Crippen MR) is 90.3 cm³/mol. The van der Waals surface area contributed by atoms with Gasteiger partial charge in [0.1, 0.15) is 0 Å². The number of nitrogens with one attached hydrogen (secondary N) is 1. The van der Waals surface area contributed by atoms with Gasteiger partial charge in [-0.1, -0.05) is 47.3 Å². The number of carboxylic acid groups (broad SMARTS) is 1. The van der Waals surface area contributed by atoms with Gasteiger partial charge in [0.25, 0.3) is 0 Å². The topological polar surface area (TPSA) is 75.6 Å². The van der Waals surface area contributed by atoms with Crippen molar-refractivity contribution < 1.29 is 19.4 Å². The van der Waals surface area contributed by atoms with E-state index in [4.69, 9.17) is 4.74 Å². The predicted octanol–water partition coefficient (Wildman–Crippen LogP) is 2.87. The highest BCUT2D eigenvalue weighted by Crippen LogP contribution is 2.40. The Kier molecular flexibility index (Phi) is 6.18. The molecule has 1 aromatic carbocycles. The lowest BCUT2D eigenvalue weighted by Gasteiger charge is -2.37. The summed E-state index contributed by atoms with van der Waals surface area (Å²) in [6.45, 7) is -0.0460. The molecule has 1 unspecified atom stereocenters. The Morgan fingerprint density at radius 1 is 1.35 bits per heavy atom. The second-order valence-electron chi connectivity index (χ2n) is 5.97. The van der Waals surface area contributed by atoms with Crippen molar-refractivity contribution in [1.29, 1.82) is 0 Å². The number of carboxylic acids is 1. The number of amides is 1. The molecule has 1 fully saturated rings. The number of aliphatic carboxylic acids is 1. The van der Waals surface area contributed by atoms with Crippen LogP contribution in [0.4, 0.5) is 0 Å². The summed E-state index contributed by atoms with van der Waals surface area (Å²) in [6.07, 6.45) is 4.48. The maximum absolute atomic E-state index is 13.0. The minimum absolute atomic E-state index is 0.0460. The summed E-state index contributed by atoms with van der Waals surface area (Å²) in [6, 6.07) is 6.70. The quantitative estimate of drug-likeness (QED) is 0.791. The van der Waals surface area contributed by atoms with Crippen LogP contribution >= 0.6 is 15.9 Å². The number of ether oxygens (including phenoxy) is 1. The van der Waals surface area contributed by atoms with E-state index in [0.29, 0.717) is 0 Å². The summed E-state index contributed by atoms with van der Waals surface area (Å²) in [5, 5.41) is 11.9. The van der Waals surface area contributed by atoms with E-state index in [1.165, 1.54) is 7.11 Å². The standard InChI is InChI=1S/C17H22BrNO4/c1-23-11-14(15(20)21)19-16(22)17(8-3-2-4-9-17)12-6-5-7-13(18)10-12/h5-7,10,14H,2-4,8-9,11H2,1H3,(H,19,22)(H,20,21). The van der Waals surface area contributed by atoms with Crippen molar-refractivity contribution in [3.8, 4) is 0 Å². The van der Waals surface area contributed by atoms with Crippen LogP contribution in [-0.4, -0.2) is 36.7 Å². The third kappa shape index (κ3) is 4.12. The lowest BCUT2D eigenvalue weighted by molar-refractivity contribution is -0.144. The summed E-state index contributed by atoms with van der Waals surface area (Å²) in [4.78, 5) is 24.3. The van der Waals surface area contributed by atoms with E-state index in [9.17, 15) is 14.7 Å². The van der Waals surface area contributed by atoms with Gasteiger partial charge in [-0.2, -0.15) is 0 Å². The van der Waals surface area contributed by atoms with Crippen molar-refractivity contribution in [3.63, 3.8) is 0 Å². The maximum atomic E-state index is 13.0. The number of methoxy groups -OCH3 is 1. The highest BCUT2D eigenvalue weighted by Gasteiger charge is 2.42. The van der Waals surface area contributed by atoms with Crippen LogP contribution in [0.2, 0.25) is 0 Å². The highest BCUT2D eigenvalue weighted by atomic mass is 79.9. The first-order valence-electron chi connectivity index (χ1n) is 7.78. The first-order valence-corrected chi connectivity index (χ1v) is 8.57. The largest absolute Gasteiger partial charge is 0.480 e. The van der Waals surface area contributed by atoms with Crippen LogP contribution < -0.4 is 5.32 Å². The van der Waals surface area contributed by atoms with Crippen LogP contribution in [0.25, 0.3) is 0 Å². The molecule has 5 nitrogen and oxygen atoms in total. The lowest BCUT2D eigenvalue weighted by atomic mass is 9.68. The first kappa shape index (κ1) is 17.9. The summed E-state index contributed by atoms with van der Waals surface area (Å²) in [7, 11) is 1.42. The molecular weight excluding hydrogens is 362 g/mol. The Labute approximate surface area is 144 Å². The van der Waals surface area contributed by atoms with Crippen molar-refractivity contribution >= 4 is 27.8 Å². The lowest BCUT2D eigenvalue weighted by Crippen LogP contribution is -2.52. The van der Waals surface area contributed by atoms with Gasteiger partial charge in [-0.25, -0.2) is 4.79 Å². The van der Waals surface area contributed by atoms with Crippen molar-refractivity contribution in [1.82, 2.24) is 5.32 Å². The van der Waals surface area contributed by atoms with Gasteiger partial charge in [0.15, 0.2) is 6.04 Å². The number of hydrogen-bond acceptors (Lipinski definition) is 3. The SMILES string of the molecule is COCC(NC(=O)C1(c2cccc(Br)c2)CCCCC1)C(=O)O. The molecule has 1 aromatic rings. The van der Waals surface area contributed by atoms with Gasteiger partial charge in [0, 0.05) is 11.6 Å². The van der Waals surface area contributed by atoms with E-state index in [0.717, 1.165) is 42.1 Å². The maximum Gasteiger partial charge on any atom is 0.328 e. The van der Waals surface area contributed by atoms with Crippen LogP contribution in [0.5, 0.6) is 0 Å². The Bertz CT molecular complexity index is 569. The minimum Gasteiger partial charge on any atom is -0.480 e. The van der Waals surface area contributed by atoms with Crippen molar-refractivity contribution in [2.75, 3.05) is 13.7 Å². The average molecular weight is 384 g/mol. The van der Waals surface area contributed by atoms with Crippen LogP contribution in [0.15, 0.2) is 28.7 Å². The number of benzene rings is 1. The molecule has 1 aliphatic carbocycles. The second-order valence-corrected chi connectivity index (χ2v) is 6.89. The van der Waals surface area contributed by atoms with Gasteiger partial charge in [-0.05, 0) is 30.5 Å². The van der Waals surface area contributed by atoms with Gasteiger partial charge in [0.2, 0.25) is 5.91 Å². The fourth-order valence-electron chi connectivity index (χ4n) is 3.23. The molecule has 6 heteroatoms. The first-order chi connectivity index (χ1) is 11.0. The Morgan fingerprint density at radius 3 is 2.61 bits per heavy atom. The molecule has 0 saturated heterocycles. The van der Waals surface area contributed by atoms with E-state index in [-0.39, 0.29) is 12.5 Å². The third-order valence-corrected chi connectivity index (χ3v) is 4.95. The second kappa shape index (κ2) is 7.93. The number of carbonyl (C=O) groups is 2.